The summed E-state index contributed by atoms with van der Waals surface area (Å²) in [5.74, 6) is 5.20. The molecule has 0 bridgehead atoms. The highest BCUT2D eigenvalue weighted by Crippen LogP contribution is 2.23. The molecule has 0 radical (unpaired) electrons. The maximum Gasteiger partial charge on any atom is 0.407 e. The van der Waals surface area contributed by atoms with E-state index in [-0.39, 0.29) is 5.92 Å². The van der Waals surface area contributed by atoms with Gasteiger partial charge in [0.25, 0.3) is 0 Å². The van der Waals surface area contributed by atoms with Crippen molar-refractivity contribution in [2.45, 2.75) is 58.5 Å². The summed E-state index contributed by atoms with van der Waals surface area (Å²) in [6.45, 7) is 7.42. The number of nitrogens with zero attached hydrogens (tertiary/aromatic N) is 2. The maximum absolute atomic E-state index is 11.5. The van der Waals surface area contributed by atoms with Gasteiger partial charge in [-0.05, 0) is 52.5 Å². The molecule has 1 aliphatic rings. The molecule has 0 unspecified atom stereocenters. The van der Waals surface area contributed by atoms with Gasteiger partial charge >= 0.3 is 12.1 Å². The number of carboxylic acid groups (broad SMARTS) is 1. The summed E-state index contributed by atoms with van der Waals surface area (Å²) >= 11 is 0. The smallest absolute Gasteiger partial charge is 0.407 e. The first-order chi connectivity index (χ1) is 13.7. The number of aliphatic carboxylic acids is 1. The van der Waals surface area contributed by atoms with Crippen molar-refractivity contribution >= 4 is 17.7 Å². The van der Waals surface area contributed by atoms with Crippen LogP contribution in [-0.4, -0.2) is 47.4 Å². The Bertz CT molecular complexity index is 761. The van der Waals surface area contributed by atoms with Gasteiger partial charge in [-0.15, -0.1) is 0 Å². The van der Waals surface area contributed by atoms with E-state index in [4.69, 9.17) is 4.74 Å². The zero-order valence-corrected chi connectivity index (χ0v) is 17.5. The minimum absolute atomic E-state index is 0.326. The fourth-order valence-electron chi connectivity index (χ4n) is 3.09. The zero-order chi connectivity index (χ0) is 21.3. The lowest BCUT2D eigenvalue weighted by Gasteiger charge is -2.32. The molecule has 29 heavy (non-hydrogen) atoms. The average Bonchev–Trinajstić information content (AvgIpc) is 2.66. The molecule has 2 N–H and O–H groups in total. The number of pyridine rings is 1. The molecule has 7 nitrogen and oxygen atoms in total. The van der Waals surface area contributed by atoms with Gasteiger partial charge in [-0.25, -0.2) is 4.79 Å². The summed E-state index contributed by atoms with van der Waals surface area (Å²) in [6.07, 6.45) is 7.11. The van der Waals surface area contributed by atoms with Crippen molar-refractivity contribution in [3.63, 3.8) is 0 Å². The number of hydrogen-bond donors (Lipinski definition) is 2. The van der Waals surface area contributed by atoms with Crippen LogP contribution in [0.25, 0.3) is 0 Å². The van der Waals surface area contributed by atoms with E-state index in [1.54, 1.807) is 12.4 Å². The second-order valence-electron chi connectivity index (χ2n) is 8.24. The second-order valence-corrected chi connectivity index (χ2v) is 8.24. The van der Waals surface area contributed by atoms with Gasteiger partial charge < -0.3 is 20.1 Å². The third kappa shape index (κ3) is 8.43. The molecule has 0 spiro atoms. The van der Waals surface area contributed by atoms with Crippen LogP contribution in [0.15, 0.2) is 18.5 Å². The fourth-order valence-corrected chi connectivity index (χ4v) is 3.09. The van der Waals surface area contributed by atoms with Crippen LogP contribution in [0.1, 0.15) is 58.4 Å². The Morgan fingerprint density at radius 1 is 1.34 bits per heavy atom. The fraction of sp³-hybridized carbons (Fsp3) is 0.591. The number of alkyl carbamates (subject to hydrolysis) is 1. The highest BCUT2D eigenvalue weighted by Gasteiger charge is 2.25. The predicted octanol–water partition coefficient (Wildman–Crippen LogP) is 3.43. The Morgan fingerprint density at radius 2 is 2.14 bits per heavy atom. The van der Waals surface area contributed by atoms with Crippen LogP contribution in [0.3, 0.4) is 0 Å². The van der Waals surface area contributed by atoms with Crippen molar-refractivity contribution < 1.29 is 19.4 Å². The molecule has 1 aromatic rings. The minimum atomic E-state index is -0.736. The van der Waals surface area contributed by atoms with E-state index < -0.39 is 17.7 Å². The van der Waals surface area contributed by atoms with Crippen LogP contribution in [0.2, 0.25) is 0 Å². The number of carbonyl (C=O) groups is 2. The van der Waals surface area contributed by atoms with Gasteiger partial charge in [-0.3, -0.25) is 9.78 Å². The molecule has 1 fully saturated rings. The normalized spacial score (nSPS) is 16.5. The highest BCUT2D eigenvalue weighted by molar-refractivity contribution is 5.71. The molecular weight excluding hydrogens is 370 g/mol. The summed E-state index contributed by atoms with van der Waals surface area (Å²) in [6, 6.07) is 1.97. The molecule has 1 saturated heterocycles. The number of carboxylic acids is 1. The molecule has 7 heteroatoms. The Balaban J connectivity index is 1.75. The first-order valence-corrected chi connectivity index (χ1v) is 10.1. The quantitative estimate of drug-likeness (QED) is 0.560. The predicted molar refractivity (Wildman–Crippen MR) is 112 cm³/mol. The molecule has 0 aliphatic carbocycles. The lowest BCUT2D eigenvalue weighted by molar-refractivity contribution is -0.141. The molecule has 2 heterocycles. The second kappa shape index (κ2) is 10.7. The Kier molecular flexibility index (Phi) is 8.32. The Labute approximate surface area is 172 Å². The van der Waals surface area contributed by atoms with Gasteiger partial charge in [-0.2, -0.15) is 0 Å². The SMILES string of the molecule is CC(C)(C)OC(=O)NCCCCC#Cc1cncc(N2CCC[C@H](C(=O)O)C2)c1. The third-order valence-corrected chi connectivity index (χ3v) is 4.49. The molecule has 1 atom stereocenters. The standard InChI is InChI=1S/C22H31N3O4/c1-22(2,3)29-21(28)24-11-7-5-4-6-9-17-13-19(15-23-14-17)25-12-8-10-18(16-25)20(26)27/h13-15,18H,4-5,7-8,10-12,16H2,1-3H3,(H,24,28)(H,26,27)/t18-/m0/s1. The van der Waals surface area contributed by atoms with E-state index in [1.165, 1.54) is 0 Å². The van der Waals surface area contributed by atoms with Gasteiger partial charge in [0, 0.05) is 37.8 Å². The van der Waals surface area contributed by atoms with Crippen LogP contribution < -0.4 is 10.2 Å². The number of hydrogen-bond acceptors (Lipinski definition) is 5. The summed E-state index contributed by atoms with van der Waals surface area (Å²) in [5.41, 5.74) is 1.26. The number of piperidine rings is 1. The average molecular weight is 402 g/mol. The highest BCUT2D eigenvalue weighted by atomic mass is 16.6. The number of anilines is 1. The number of ether oxygens (including phenoxy) is 1. The van der Waals surface area contributed by atoms with E-state index in [1.807, 2.05) is 26.8 Å². The lowest BCUT2D eigenvalue weighted by atomic mass is 9.98. The van der Waals surface area contributed by atoms with E-state index >= 15 is 0 Å². The van der Waals surface area contributed by atoms with Gasteiger partial charge in [0.2, 0.25) is 0 Å². The van der Waals surface area contributed by atoms with Crippen molar-refractivity contribution in [1.29, 1.82) is 0 Å². The third-order valence-electron chi connectivity index (χ3n) is 4.49. The van der Waals surface area contributed by atoms with Gasteiger partial charge in [0.05, 0.1) is 17.8 Å². The molecule has 1 aromatic heterocycles. The zero-order valence-electron chi connectivity index (χ0n) is 17.5. The van der Waals surface area contributed by atoms with Crippen molar-refractivity contribution in [3.05, 3.63) is 24.0 Å². The minimum Gasteiger partial charge on any atom is -0.481 e. The summed E-state index contributed by atoms with van der Waals surface area (Å²) < 4.78 is 5.18. The van der Waals surface area contributed by atoms with Crippen LogP contribution >= 0.6 is 0 Å². The van der Waals surface area contributed by atoms with Crippen molar-refractivity contribution in [2.24, 2.45) is 5.92 Å². The molecular formula is C22H31N3O4. The summed E-state index contributed by atoms with van der Waals surface area (Å²) in [7, 11) is 0. The van der Waals surface area contributed by atoms with Gasteiger partial charge in [-0.1, -0.05) is 11.8 Å². The first kappa shape index (κ1) is 22.5. The summed E-state index contributed by atoms with van der Waals surface area (Å²) in [5, 5.41) is 12.0. The molecule has 158 valence electrons. The topological polar surface area (TPSA) is 91.8 Å². The van der Waals surface area contributed by atoms with Crippen LogP contribution in [0.4, 0.5) is 10.5 Å². The lowest BCUT2D eigenvalue weighted by Crippen LogP contribution is -2.38. The number of amides is 1. The van der Waals surface area contributed by atoms with E-state index in [0.29, 0.717) is 13.1 Å². The first-order valence-electron chi connectivity index (χ1n) is 10.1. The van der Waals surface area contributed by atoms with E-state index in [0.717, 1.165) is 49.9 Å². The monoisotopic (exact) mass is 401 g/mol. The number of nitrogens with one attached hydrogen (secondary N) is 1. The summed E-state index contributed by atoms with van der Waals surface area (Å²) in [4.78, 5) is 29.1. The number of unbranched alkanes of at least 4 members (excludes halogenated alkanes) is 2. The number of aromatic nitrogens is 1. The van der Waals surface area contributed by atoms with Crippen LogP contribution in [0, 0.1) is 17.8 Å². The maximum atomic E-state index is 11.5. The van der Waals surface area contributed by atoms with Crippen LogP contribution in [0.5, 0.6) is 0 Å². The van der Waals surface area contributed by atoms with Crippen molar-refractivity contribution in [1.82, 2.24) is 10.3 Å². The Morgan fingerprint density at radius 3 is 2.86 bits per heavy atom. The Hall–Kier alpha value is -2.75. The van der Waals surface area contributed by atoms with E-state index in [9.17, 15) is 14.7 Å². The largest absolute Gasteiger partial charge is 0.481 e. The van der Waals surface area contributed by atoms with Gasteiger partial charge in [0.1, 0.15) is 5.60 Å². The molecule has 0 aromatic carbocycles. The van der Waals surface area contributed by atoms with Crippen LogP contribution in [-0.2, 0) is 9.53 Å². The van der Waals surface area contributed by atoms with Gasteiger partial charge in [0.15, 0.2) is 0 Å². The molecule has 2 rings (SSSR count). The molecule has 0 saturated carbocycles. The molecule has 1 aliphatic heterocycles. The molecule has 1 amide bonds. The number of rotatable bonds is 6. The van der Waals surface area contributed by atoms with Crippen molar-refractivity contribution in [2.75, 3.05) is 24.5 Å². The number of carbonyl (C=O) groups excluding carboxylic acids is 1. The van der Waals surface area contributed by atoms with E-state index in [2.05, 4.69) is 27.0 Å². The van der Waals surface area contributed by atoms with Crippen molar-refractivity contribution in [3.8, 4) is 11.8 Å².